The summed E-state index contributed by atoms with van der Waals surface area (Å²) >= 11 is 11.4. The van der Waals surface area contributed by atoms with Crippen LogP contribution in [0.15, 0.2) is 137 Å². The molecule has 1 atom stereocenters. The number of halogens is 1. The van der Waals surface area contributed by atoms with Crippen molar-refractivity contribution in [1.82, 2.24) is 44.3 Å². The van der Waals surface area contributed by atoms with E-state index >= 15 is 0 Å². The van der Waals surface area contributed by atoms with Gasteiger partial charge in [0.1, 0.15) is 14.6 Å². The average Bonchev–Trinajstić information content (AvgIpc) is 4.27. The van der Waals surface area contributed by atoms with Crippen molar-refractivity contribution in [2.45, 2.75) is 144 Å². The highest BCUT2D eigenvalue weighted by Gasteiger charge is 2.23. The maximum absolute atomic E-state index is 12.9. The van der Waals surface area contributed by atoms with Crippen LogP contribution in [0.2, 0.25) is 0 Å². The number of nitrogens with two attached hydrogens (primary N) is 1. The van der Waals surface area contributed by atoms with Crippen molar-refractivity contribution in [1.29, 1.82) is 0 Å². The van der Waals surface area contributed by atoms with Crippen LogP contribution in [0.25, 0.3) is 33.4 Å². The fraction of sp³-hybridized carbons (Fsp3) is 0.393. The van der Waals surface area contributed by atoms with Crippen LogP contribution in [-0.4, -0.2) is 71.0 Å². The summed E-state index contributed by atoms with van der Waals surface area (Å²) in [5, 5.41) is 22.5. The first-order valence-electron chi connectivity index (χ1n) is 27.8. The summed E-state index contributed by atoms with van der Waals surface area (Å²) in [6, 6.07) is 18.7. The van der Waals surface area contributed by atoms with E-state index in [-0.39, 0.29) is 22.4 Å². The highest BCUT2D eigenvalue weighted by atomic mass is 79.9. The Bertz CT molecular complexity index is 3530. The van der Waals surface area contributed by atoms with Crippen LogP contribution in [-0.2, 0) is 79.2 Å². The maximum Gasteiger partial charge on any atom is 0.306 e. The van der Waals surface area contributed by atoms with Gasteiger partial charge in [-0.25, -0.2) is 23.4 Å². The molecular weight excluding hydrogens is 1210 g/mol. The van der Waals surface area contributed by atoms with E-state index in [0.717, 1.165) is 88.1 Å². The number of thioether (sulfide) groups is 1. The van der Waals surface area contributed by atoms with Crippen molar-refractivity contribution in [3.8, 4) is 33.4 Å². The summed E-state index contributed by atoms with van der Waals surface area (Å²) in [4.78, 5) is 27.7. The number of carbonyl (C=O) groups is 1. The van der Waals surface area contributed by atoms with Gasteiger partial charge in [-0.2, -0.15) is 15.3 Å². The zero-order valence-corrected chi connectivity index (χ0v) is 55.2. The van der Waals surface area contributed by atoms with Gasteiger partial charge < -0.3 is 10.5 Å². The number of sulfone groups is 1. The Morgan fingerprint density at radius 3 is 1.62 bits per heavy atom. The summed E-state index contributed by atoms with van der Waals surface area (Å²) < 4.78 is 37.6. The molecule has 0 aliphatic rings. The molecule has 0 aliphatic carbocycles. The minimum absolute atomic E-state index is 0.0540. The zero-order chi connectivity index (χ0) is 59.2. The second-order valence-electron chi connectivity index (χ2n) is 19.3. The summed E-state index contributed by atoms with van der Waals surface area (Å²) in [5.74, 6) is 1.16. The molecular formula is C61H77BrN10O4S6. The standard InChI is InChI=1S/C23H34N2O2S.C17H19N3S2.C16H18N4O2S2.C5H6BrNS/c1-5-8-9-18(6-2)17-27-23(26)10-11-28-22-13-19(7-3)12-20(14-22)21-15-24-25(4)16-21;1-4-12-6-13(14-9-18-20(3)10-14)8-15(7-12)22-17-11-21-16(5-2)19-17;1-3-11-4-12(13-8-18-20(2)9-13)6-14(5-11)24(21,22)16-10-23-15(7-17)19-16;1-2-5-7-4(6)3-8-5/h12-16,18H,5-11,17H2,1-4H3;6-11H,4-5H2,1-3H3;4-6,8-10H,3,7,17H2,1-2H3;3H,2H2,1H3. The lowest BCUT2D eigenvalue weighted by Crippen LogP contribution is -2.14. The van der Waals surface area contributed by atoms with Gasteiger partial charge in [0.15, 0.2) is 5.03 Å². The van der Waals surface area contributed by atoms with Crippen molar-refractivity contribution >= 4 is 89.3 Å². The van der Waals surface area contributed by atoms with Gasteiger partial charge in [-0.15, -0.1) is 45.8 Å². The summed E-state index contributed by atoms with van der Waals surface area (Å²) in [6.07, 6.45) is 21.3. The van der Waals surface area contributed by atoms with E-state index in [1.54, 1.807) is 74.6 Å². The summed E-state index contributed by atoms with van der Waals surface area (Å²) in [6.45, 7) is 15.8. The van der Waals surface area contributed by atoms with E-state index in [0.29, 0.717) is 24.0 Å². The molecule has 0 bridgehead atoms. The average molecular weight is 1290 g/mol. The van der Waals surface area contributed by atoms with Crippen LogP contribution in [0.3, 0.4) is 0 Å². The summed E-state index contributed by atoms with van der Waals surface area (Å²) in [7, 11) is 2.04. The first kappa shape index (κ1) is 65.9. The van der Waals surface area contributed by atoms with Crippen molar-refractivity contribution in [3.63, 3.8) is 0 Å². The van der Waals surface area contributed by atoms with Crippen LogP contribution in [0.1, 0.15) is 112 Å². The lowest BCUT2D eigenvalue weighted by molar-refractivity contribution is -0.144. The van der Waals surface area contributed by atoms with Gasteiger partial charge in [0.25, 0.3) is 0 Å². The molecule has 82 heavy (non-hydrogen) atoms. The minimum atomic E-state index is -3.67. The predicted molar refractivity (Wildman–Crippen MR) is 344 cm³/mol. The monoisotopic (exact) mass is 1280 g/mol. The van der Waals surface area contributed by atoms with Gasteiger partial charge in [-0.3, -0.25) is 18.8 Å². The Kier molecular flexibility index (Phi) is 26.7. The van der Waals surface area contributed by atoms with Crippen molar-refractivity contribution in [2.75, 3.05) is 12.4 Å². The van der Waals surface area contributed by atoms with E-state index < -0.39 is 9.84 Å². The molecule has 0 spiro atoms. The van der Waals surface area contributed by atoms with Crippen molar-refractivity contribution < 1.29 is 17.9 Å². The van der Waals surface area contributed by atoms with Crippen LogP contribution in [0.5, 0.6) is 0 Å². The predicted octanol–water partition coefficient (Wildman–Crippen LogP) is 15.6. The fourth-order valence-corrected chi connectivity index (χ4v) is 14.5. The van der Waals surface area contributed by atoms with Crippen molar-refractivity contribution in [3.05, 3.63) is 144 Å². The third-order valence-electron chi connectivity index (χ3n) is 13.0. The molecule has 6 heterocycles. The largest absolute Gasteiger partial charge is 0.465 e. The quantitative estimate of drug-likeness (QED) is 0.0473. The van der Waals surface area contributed by atoms with Crippen molar-refractivity contribution in [2.24, 2.45) is 32.8 Å². The van der Waals surface area contributed by atoms with Gasteiger partial charge in [-0.05, 0) is 130 Å². The first-order valence-corrected chi connectivity index (χ1v) is 34.5. The fourth-order valence-electron chi connectivity index (χ4n) is 8.24. The number of unbranched alkanes of at least 4 members (excludes halogenated alkanes) is 1. The molecule has 9 aromatic rings. The third kappa shape index (κ3) is 20.2. The molecule has 0 amide bonds. The lowest BCUT2D eigenvalue weighted by atomic mass is 10.0. The van der Waals surface area contributed by atoms with Gasteiger partial charge >= 0.3 is 5.97 Å². The van der Waals surface area contributed by atoms with E-state index in [9.17, 15) is 13.2 Å². The molecule has 21 heteroatoms. The van der Waals surface area contributed by atoms with E-state index in [1.165, 1.54) is 66.2 Å². The number of esters is 1. The number of hydrogen-bond donors (Lipinski definition) is 1. The van der Waals surface area contributed by atoms with E-state index in [2.05, 4.69) is 136 Å². The van der Waals surface area contributed by atoms with Crippen LogP contribution in [0.4, 0.5) is 0 Å². The number of carbonyl (C=O) groups excluding carboxylic acids is 1. The van der Waals surface area contributed by atoms with Gasteiger partial charge in [-0.1, -0.05) is 97.7 Å². The smallest absolute Gasteiger partial charge is 0.306 e. The Hall–Kier alpha value is -5.26. The van der Waals surface area contributed by atoms with Crippen LogP contribution < -0.4 is 5.73 Å². The van der Waals surface area contributed by atoms with Gasteiger partial charge in [0.05, 0.1) is 46.5 Å². The topological polar surface area (TPSA) is 179 Å². The molecule has 6 aromatic heterocycles. The molecule has 14 nitrogen and oxygen atoms in total. The number of aromatic nitrogens is 9. The molecule has 2 N–H and O–H groups in total. The molecule has 438 valence electrons. The second-order valence-corrected chi connectivity index (χ2v) is 27.1. The third-order valence-corrected chi connectivity index (χ3v) is 20.4. The minimum Gasteiger partial charge on any atom is -0.465 e. The Morgan fingerprint density at radius 2 is 1.16 bits per heavy atom. The first-order chi connectivity index (χ1) is 39.5. The maximum atomic E-state index is 12.9. The second kappa shape index (κ2) is 33.3. The van der Waals surface area contributed by atoms with Crippen LogP contribution >= 0.6 is 73.5 Å². The molecule has 9 rings (SSSR count). The molecule has 0 fully saturated rings. The Morgan fingerprint density at radius 1 is 0.634 bits per heavy atom. The molecule has 3 aromatic carbocycles. The Balaban J connectivity index is 0.000000186. The SMILES string of the molecule is CCCCC(CC)COC(=O)CCSc1cc(CC)cc(-c2cnn(C)c2)c1.CCc1cc(-c2cnn(C)c2)cc(S(=O)(=O)c2csc(CN)n2)c1.CCc1cc(Sc2csc(CC)n2)cc(-c2cnn(C)c2)c1.CCc1nc(Br)cs1. The van der Waals surface area contributed by atoms with E-state index in [1.807, 2.05) is 73.7 Å². The van der Waals surface area contributed by atoms with Gasteiger partial charge in [0.2, 0.25) is 9.84 Å². The number of benzene rings is 3. The zero-order valence-electron chi connectivity index (χ0n) is 48.7. The lowest BCUT2D eigenvalue weighted by Gasteiger charge is -2.14. The highest BCUT2D eigenvalue weighted by molar-refractivity contribution is 9.10. The number of hydrogen-bond acceptors (Lipinski definition) is 16. The molecule has 0 saturated heterocycles. The molecule has 0 saturated carbocycles. The number of aryl methyl sites for hydroxylation is 8. The molecule has 0 aliphatic heterocycles. The number of thiazole rings is 3. The molecule has 1 unspecified atom stereocenters. The molecule has 0 radical (unpaired) electrons. The number of ether oxygens (including phenoxy) is 1. The van der Waals surface area contributed by atoms with Crippen LogP contribution in [0, 0.1) is 5.92 Å². The van der Waals surface area contributed by atoms with E-state index in [4.69, 9.17) is 10.5 Å². The highest BCUT2D eigenvalue weighted by Crippen LogP contribution is 2.34. The normalized spacial score (nSPS) is 11.5. The number of rotatable bonds is 23. The summed E-state index contributed by atoms with van der Waals surface area (Å²) in [5.41, 5.74) is 15.5. The Labute approximate surface area is 514 Å². The number of nitrogens with zero attached hydrogens (tertiary/aromatic N) is 9. The van der Waals surface area contributed by atoms with Gasteiger partial charge in [0, 0.05) is 94.7 Å².